The van der Waals surface area contributed by atoms with Crippen molar-refractivity contribution in [3.05, 3.63) is 83.9 Å². The molecule has 3 rings (SSSR count). The third kappa shape index (κ3) is 15.7. The predicted octanol–water partition coefficient (Wildman–Crippen LogP) is 12.6. The standard InChI is InChI=1S/C40H54O4S2/c1-3-5-7-9-11-13-15-17-31-45-37-27-19-33(20-28-37)39(41)43-35-23-25-36(26-24-35)44-40(42)34-21-29-38(30-22-34)46-32-18-16-14-12-10-8-6-4-2/h19-30H,3-18,31-32H2,1-2H3. The third-order valence-corrected chi connectivity index (χ3v) is 10.2. The Bertz CT molecular complexity index is 1140. The number of rotatable bonds is 24. The fourth-order valence-electron chi connectivity index (χ4n) is 5.13. The minimum atomic E-state index is -0.412. The number of esters is 2. The molecule has 46 heavy (non-hydrogen) atoms. The summed E-state index contributed by atoms with van der Waals surface area (Å²) >= 11 is 3.67. The van der Waals surface area contributed by atoms with Crippen molar-refractivity contribution in [1.82, 2.24) is 0 Å². The summed E-state index contributed by atoms with van der Waals surface area (Å²) in [6, 6.07) is 21.7. The summed E-state index contributed by atoms with van der Waals surface area (Å²) in [6.45, 7) is 4.51. The first kappa shape index (κ1) is 37.8. The predicted molar refractivity (Wildman–Crippen MR) is 196 cm³/mol. The van der Waals surface area contributed by atoms with Crippen LogP contribution in [0.15, 0.2) is 82.6 Å². The molecule has 0 heterocycles. The van der Waals surface area contributed by atoms with Crippen LogP contribution in [0.4, 0.5) is 0 Å². The van der Waals surface area contributed by atoms with E-state index < -0.39 is 11.9 Å². The molecule has 4 nitrogen and oxygen atoms in total. The molecule has 0 saturated heterocycles. The minimum absolute atomic E-state index is 0.399. The summed E-state index contributed by atoms with van der Waals surface area (Å²) in [5.41, 5.74) is 1.01. The van der Waals surface area contributed by atoms with Gasteiger partial charge < -0.3 is 9.47 Å². The number of carbonyl (C=O) groups is 2. The Kier molecular flexibility index (Phi) is 19.4. The van der Waals surface area contributed by atoms with Crippen molar-refractivity contribution >= 4 is 35.5 Å². The van der Waals surface area contributed by atoms with Crippen LogP contribution in [0.2, 0.25) is 0 Å². The highest BCUT2D eigenvalue weighted by atomic mass is 32.2. The van der Waals surface area contributed by atoms with Crippen LogP contribution in [-0.4, -0.2) is 23.4 Å². The normalized spacial score (nSPS) is 11.0. The van der Waals surface area contributed by atoms with E-state index in [0.717, 1.165) is 21.3 Å². The van der Waals surface area contributed by atoms with E-state index in [0.29, 0.717) is 22.6 Å². The molecule has 3 aromatic carbocycles. The second-order valence-electron chi connectivity index (χ2n) is 11.9. The van der Waals surface area contributed by atoms with Crippen molar-refractivity contribution in [2.75, 3.05) is 11.5 Å². The third-order valence-electron chi connectivity index (χ3n) is 7.96. The van der Waals surface area contributed by atoms with Crippen LogP contribution in [0.3, 0.4) is 0 Å². The molecule has 0 aliphatic rings. The van der Waals surface area contributed by atoms with Crippen LogP contribution in [0.25, 0.3) is 0 Å². The topological polar surface area (TPSA) is 52.6 Å². The van der Waals surface area contributed by atoms with Crippen LogP contribution in [0, 0.1) is 0 Å². The molecule has 0 radical (unpaired) electrons. The SMILES string of the molecule is CCCCCCCCCCSc1ccc(C(=O)Oc2ccc(OC(=O)c3ccc(SCCCCCCCCCC)cc3)cc2)cc1. The first-order chi connectivity index (χ1) is 22.6. The molecular weight excluding hydrogens is 609 g/mol. The van der Waals surface area contributed by atoms with E-state index in [2.05, 4.69) is 13.8 Å². The molecule has 0 spiro atoms. The number of hydrogen-bond acceptors (Lipinski definition) is 6. The second-order valence-corrected chi connectivity index (χ2v) is 14.3. The molecule has 6 heteroatoms. The Hall–Kier alpha value is -2.70. The maximum atomic E-state index is 12.7. The Balaban J connectivity index is 1.32. The van der Waals surface area contributed by atoms with Gasteiger partial charge in [-0.05, 0) is 97.1 Å². The number of ether oxygens (including phenoxy) is 2. The van der Waals surface area contributed by atoms with E-state index in [1.54, 1.807) is 24.3 Å². The number of carbonyl (C=O) groups excluding carboxylic acids is 2. The van der Waals surface area contributed by atoms with Gasteiger partial charge in [0.1, 0.15) is 11.5 Å². The number of benzene rings is 3. The molecule has 250 valence electrons. The van der Waals surface area contributed by atoms with Gasteiger partial charge in [0.2, 0.25) is 0 Å². The molecule has 0 saturated carbocycles. The van der Waals surface area contributed by atoms with E-state index in [1.807, 2.05) is 72.1 Å². The quantitative estimate of drug-likeness (QED) is 0.0412. The molecule has 0 unspecified atom stereocenters. The summed E-state index contributed by atoms with van der Waals surface area (Å²) in [5, 5.41) is 0. The van der Waals surface area contributed by atoms with Gasteiger partial charge >= 0.3 is 11.9 Å². The summed E-state index contributed by atoms with van der Waals surface area (Å²) in [7, 11) is 0. The van der Waals surface area contributed by atoms with Crippen LogP contribution in [0.1, 0.15) is 137 Å². The van der Waals surface area contributed by atoms with Crippen LogP contribution >= 0.6 is 23.5 Å². The van der Waals surface area contributed by atoms with E-state index in [9.17, 15) is 9.59 Å². The zero-order valence-corrected chi connectivity index (χ0v) is 29.7. The first-order valence-electron chi connectivity index (χ1n) is 17.6. The minimum Gasteiger partial charge on any atom is -0.423 e. The fraction of sp³-hybridized carbons (Fsp3) is 0.500. The average molecular weight is 663 g/mol. The Labute approximate surface area is 286 Å². The monoisotopic (exact) mass is 662 g/mol. The lowest BCUT2D eigenvalue weighted by Gasteiger charge is -2.08. The molecule has 0 amide bonds. The van der Waals surface area contributed by atoms with Gasteiger partial charge in [0, 0.05) is 9.79 Å². The number of hydrogen-bond donors (Lipinski definition) is 0. The van der Waals surface area contributed by atoms with E-state index in [1.165, 1.54) is 103 Å². The Morgan fingerprint density at radius 3 is 1.07 bits per heavy atom. The van der Waals surface area contributed by atoms with Crippen molar-refractivity contribution in [3.8, 4) is 11.5 Å². The maximum Gasteiger partial charge on any atom is 0.343 e. The molecule has 0 bridgehead atoms. The van der Waals surface area contributed by atoms with Gasteiger partial charge in [0.05, 0.1) is 11.1 Å². The van der Waals surface area contributed by atoms with Crippen molar-refractivity contribution in [2.24, 2.45) is 0 Å². The molecule has 0 aliphatic heterocycles. The first-order valence-corrected chi connectivity index (χ1v) is 19.6. The molecule has 3 aromatic rings. The van der Waals surface area contributed by atoms with Gasteiger partial charge in [-0.1, -0.05) is 104 Å². The zero-order valence-electron chi connectivity index (χ0n) is 28.1. The lowest BCUT2D eigenvalue weighted by atomic mass is 10.1. The van der Waals surface area contributed by atoms with Gasteiger partial charge in [-0.15, -0.1) is 23.5 Å². The highest BCUT2D eigenvalue weighted by Gasteiger charge is 2.12. The largest absolute Gasteiger partial charge is 0.423 e. The van der Waals surface area contributed by atoms with Gasteiger partial charge in [-0.3, -0.25) is 0 Å². The molecule has 0 aromatic heterocycles. The smallest absolute Gasteiger partial charge is 0.343 e. The van der Waals surface area contributed by atoms with E-state index in [4.69, 9.17) is 9.47 Å². The summed E-state index contributed by atoms with van der Waals surface area (Å²) in [6.07, 6.45) is 21.1. The van der Waals surface area contributed by atoms with E-state index >= 15 is 0 Å². The summed E-state index contributed by atoms with van der Waals surface area (Å²) < 4.78 is 11.1. The number of unbranched alkanes of at least 4 members (excludes halogenated alkanes) is 14. The lowest BCUT2D eigenvalue weighted by molar-refractivity contribution is 0.0719. The lowest BCUT2D eigenvalue weighted by Crippen LogP contribution is -2.09. The zero-order chi connectivity index (χ0) is 32.7. The summed E-state index contributed by atoms with van der Waals surface area (Å²) in [5.74, 6) is 2.17. The molecular formula is C40H54O4S2. The van der Waals surface area contributed by atoms with Gasteiger partial charge in [-0.25, -0.2) is 9.59 Å². The Morgan fingerprint density at radius 2 is 0.739 bits per heavy atom. The van der Waals surface area contributed by atoms with Crippen molar-refractivity contribution < 1.29 is 19.1 Å². The summed E-state index contributed by atoms with van der Waals surface area (Å²) in [4.78, 5) is 27.7. The van der Waals surface area contributed by atoms with Crippen LogP contribution in [-0.2, 0) is 0 Å². The highest BCUT2D eigenvalue weighted by molar-refractivity contribution is 7.99. The second kappa shape index (κ2) is 23.6. The van der Waals surface area contributed by atoms with Crippen LogP contribution < -0.4 is 9.47 Å². The maximum absolute atomic E-state index is 12.7. The van der Waals surface area contributed by atoms with Gasteiger partial charge in [0.25, 0.3) is 0 Å². The molecule has 0 N–H and O–H groups in total. The Morgan fingerprint density at radius 1 is 0.435 bits per heavy atom. The van der Waals surface area contributed by atoms with E-state index in [-0.39, 0.29) is 0 Å². The van der Waals surface area contributed by atoms with Crippen LogP contribution in [0.5, 0.6) is 11.5 Å². The molecule has 0 atom stereocenters. The van der Waals surface area contributed by atoms with Crippen molar-refractivity contribution in [2.45, 2.75) is 126 Å². The highest BCUT2D eigenvalue weighted by Crippen LogP contribution is 2.24. The van der Waals surface area contributed by atoms with Gasteiger partial charge in [-0.2, -0.15) is 0 Å². The average Bonchev–Trinajstić information content (AvgIpc) is 3.08. The molecule has 0 fully saturated rings. The number of thioether (sulfide) groups is 2. The molecule has 0 aliphatic carbocycles. The van der Waals surface area contributed by atoms with Gasteiger partial charge in [0.15, 0.2) is 0 Å². The fourth-order valence-corrected chi connectivity index (χ4v) is 6.96. The van der Waals surface area contributed by atoms with Crippen molar-refractivity contribution in [3.63, 3.8) is 0 Å². The van der Waals surface area contributed by atoms with Crippen molar-refractivity contribution in [1.29, 1.82) is 0 Å².